The number of carbonyl (C=O) groups excluding carboxylic acids is 1. The summed E-state index contributed by atoms with van der Waals surface area (Å²) >= 11 is 0. The van der Waals surface area contributed by atoms with Crippen LogP contribution in [0.25, 0.3) is 11.2 Å². The van der Waals surface area contributed by atoms with Crippen LogP contribution in [0.15, 0.2) is 47.0 Å². The van der Waals surface area contributed by atoms with Crippen LogP contribution in [0.3, 0.4) is 0 Å². The van der Waals surface area contributed by atoms with Crippen LogP contribution in [0.5, 0.6) is 0 Å². The number of nitrogens with zero attached hydrogens (tertiary/aromatic N) is 4. The van der Waals surface area contributed by atoms with Crippen molar-refractivity contribution >= 4 is 23.2 Å². The molecule has 25 heavy (non-hydrogen) atoms. The van der Waals surface area contributed by atoms with E-state index in [9.17, 15) is 4.79 Å². The van der Waals surface area contributed by atoms with Crippen molar-refractivity contribution < 1.29 is 9.21 Å². The number of aryl methyl sites for hydroxylation is 1. The van der Waals surface area contributed by atoms with Crippen LogP contribution in [0, 0.1) is 6.92 Å². The lowest BCUT2D eigenvalue weighted by atomic mass is 10.1. The number of carbonyl (C=O) groups is 1. The molecule has 1 aliphatic heterocycles. The van der Waals surface area contributed by atoms with Crippen LogP contribution >= 0.6 is 0 Å². The molecule has 128 valence electrons. The van der Waals surface area contributed by atoms with Gasteiger partial charge in [0.2, 0.25) is 5.65 Å². The van der Waals surface area contributed by atoms with Gasteiger partial charge < -0.3 is 14.2 Å². The van der Waals surface area contributed by atoms with Crippen molar-refractivity contribution in [2.75, 3.05) is 31.1 Å². The fourth-order valence-corrected chi connectivity index (χ4v) is 3.19. The van der Waals surface area contributed by atoms with Gasteiger partial charge >= 0.3 is 0 Å². The fraction of sp³-hybridized carbons (Fsp3) is 0.316. The van der Waals surface area contributed by atoms with Crippen LogP contribution in [0.4, 0.5) is 6.01 Å². The second-order valence-electron chi connectivity index (χ2n) is 6.27. The number of oxazole rings is 1. The molecule has 1 amide bonds. The summed E-state index contributed by atoms with van der Waals surface area (Å²) in [5.41, 5.74) is 3.10. The van der Waals surface area contributed by atoms with E-state index in [2.05, 4.69) is 14.9 Å². The number of benzene rings is 1. The third-order valence-electron chi connectivity index (χ3n) is 4.58. The summed E-state index contributed by atoms with van der Waals surface area (Å²) in [6.45, 7) is 4.87. The van der Waals surface area contributed by atoms with Gasteiger partial charge in [-0.2, -0.15) is 4.98 Å². The molecule has 2 aromatic heterocycles. The Hall–Kier alpha value is -2.89. The van der Waals surface area contributed by atoms with E-state index in [4.69, 9.17) is 4.42 Å². The van der Waals surface area contributed by atoms with Gasteiger partial charge in [-0.3, -0.25) is 4.79 Å². The van der Waals surface area contributed by atoms with Gasteiger partial charge in [0.25, 0.3) is 11.9 Å². The molecule has 0 N–H and O–H groups in total. The van der Waals surface area contributed by atoms with E-state index in [0.717, 1.165) is 30.6 Å². The number of hydrogen-bond donors (Lipinski definition) is 0. The molecular formula is C19H20N4O2. The summed E-state index contributed by atoms with van der Waals surface area (Å²) in [4.78, 5) is 25.5. The van der Waals surface area contributed by atoms with Gasteiger partial charge in [0, 0.05) is 37.9 Å². The van der Waals surface area contributed by atoms with E-state index < -0.39 is 0 Å². The first-order valence-electron chi connectivity index (χ1n) is 8.54. The molecule has 6 heteroatoms. The van der Waals surface area contributed by atoms with E-state index in [1.165, 1.54) is 0 Å². The second-order valence-corrected chi connectivity index (χ2v) is 6.27. The van der Waals surface area contributed by atoms with Crippen LogP contribution < -0.4 is 4.90 Å². The van der Waals surface area contributed by atoms with Gasteiger partial charge in [0.1, 0.15) is 0 Å². The highest BCUT2D eigenvalue weighted by Gasteiger charge is 2.23. The van der Waals surface area contributed by atoms with Gasteiger partial charge in [-0.25, -0.2) is 4.98 Å². The van der Waals surface area contributed by atoms with E-state index >= 15 is 0 Å². The predicted octanol–water partition coefficient (Wildman–Crippen LogP) is 2.88. The number of amides is 1. The van der Waals surface area contributed by atoms with Crippen molar-refractivity contribution in [1.82, 2.24) is 14.9 Å². The topological polar surface area (TPSA) is 62.5 Å². The maximum absolute atomic E-state index is 12.8. The lowest BCUT2D eigenvalue weighted by Crippen LogP contribution is -2.35. The Kier molecular flexibility index (Phi) is 4.09. The summed E-state index contributed by atoms with van der Waals surface area (Å²) in [7, 11) is 0. The molecule has 0 radical (unpaired) electrons. The highest BCUT2D eigenvalue weighted by Crippen LogP contribution is 2.22. The van der Waals surface area contributed by atoms with Gasteiger partial charge in [-0.05, 0) is 37.1 Å². The first kappa shape index (κ1) is 15.6. The lowest BCUT2D eigenvalue weighted by Gasteiger charge is -2.22. The zero-order chi connectivity index (χ0) is 17.2. The standard InChI is InChI=1S/C19H20N4O2/c1-14-6-2-3-7-15(14)18(24)22-10-5-11-23(13-12-22)19-21-17-16(25-19)8-4-9-20-17/h2-4,6-9H,5,10-13H2,1H3. The number of aromatic nitrogens is 2. The largest absolute Gasteiger partial charge is 0.422 e. The number of anilines is 1. The average molecular weight is 336 g/mol. The Morgan fingerprint density at radius 2 is 1.96 bits per heavy atom. The molecule has 0 saturated carbocycles. The minimum Gasteiger partial charge on any atom is -0.422 e. The van der Waals surface area contributed by atoms with Crippen molar-refractivity contribution in [2.24, 2.45) is 0 Å². The molecule has 0 atom stereocenters. The van der Waals surface area contributed by atoms with Crippen molar-refractivity contribution in [2.45, 2.75) is 13.3 Å². The summed E-state index contributed by atoms with van der Waals surface area (Å²) in [6, 6.07) is 12.0. The summed E-state index contributed by atoms with van der Waals surface area (Å²) in [5, 5.41) is 0. The Balaban J connectivity index is 1.50. The minimum atomic E-state index is 0.0965. The third-order valence-corrected chi connectivity index (χ3v) is 4.58. The maximum Gasteiger partial charge on any atom is 0.300 e. The van der Waals surface area contributed by atoms with Crippen LogP contribution in [-0.2, 0) is 0 Å². The molecule has 3 aromatic rings. The zero-order valence-corrected chi connectivity index (χ0v) is 14.2. The second kappa shape index (κ2) is 6.55. The highest BCUT2D eigenvalue weighted by atomic mass is 16.4. The Labute approximate surface area is 146 Å². The molecule has 1 aromatic carbocycles. The van der Waals surface area contributed by atoms with Crippen molar-refractivity contribution in [1.29, 1.82) is 0 Å². The van der Waals surface area contributed by atoms with E-state index in [-0.39, 0.29) is 5.91 Å². The molecule has 6 nitrogen and oxygen atoms in total. The minimum absolute atomic E-state index is 0.0965. The van der Waals surface area contributed by atoms with Crippen LogP contribution in [0.2, 0.25) is 0 Å². The number of fused-ring (bicyclic) bond motifs is 1. The van der Waals surface area contributed by atoms with Crippen LogP contribution in [-0.4, -0.2) is 47.0 Å². The SMILES string of the molecule is Cc1ccccc1C(=O)N1CCCN(c2nc3ncccc3o2)CC1. The highest BCUT2D eigenvalue weighted by molar-refractivity contribution is 5.95. The average Bonchev–Trinajstić information content (AvgIpc) is 2.91. The van der Waals surface area contributed by atoms with Crippen molar-refractivity contribution in [3.63, 3.8) is 0 Å². The molecule has 1 aliphatic rings. The first-order chi connectivity index (χ1) is 12.2. The van der Waals surface area contributed by atoms with E-state index in [1.54, 1.807) is 6.20 Å². The molecular weight excluding hydrogens is 316 g/mol. The normalized spacial score (nSPS) is 15.4. The number of pyridine rings is 1. The van der Waals surface area contributed by atoms with E-state index in [0.29, 0.717) is 30.3 Å². The number of hydrogen-bond acceptors (Lipinski definition) is 5. The maximum atomic E-state index is 12.8. The monoisotopic (exact) mass is 336 g/mol. The van der Waals surface area contributed by atoms with Gasteiger partial charge in [-0.15, -0.1) is 0 Å². The molecule has 0 bridgehead atoms. The van der Waals surface area contributed by atoms with Gasteiger partial charge in [-0.1, -0.05) is 18.2 Å². The predicted molar refractivity (Wildman–Crippen MR) is 95.7 cm³/mol. The first-order valence-corrected chi connectivity index (χ1v) is 8.54. The van der Waals surface area contributed by atoms with Gasteiger partial charge in [0.15, 0.2) is 5.58 Å². The Morgan fingerprint density at radius 3 is 2.80 bits per heavy atom. The fourth-order valence-electron chi connectivity index (χ4n) is 3.19. The molecule has 0 spiro atoms. The summed E-state index contributed by atoms with van der Waals surface area (Å²) in [6.07, 6.45) is 2.59. The molecule has 0 aliphatic carbocycles. The molecule has 4 rings (SSSR count). The molecule has 1 saturated heterocycles. The molecule has 3 heterocycles. The van der Waals surface area contributed by atoms with Crippen molar-refractivity contribution in [3.05, 3.63) is 53.7 Å². The molecule has 0 unspecified atom stereocenters. The Bertz CT molecular complexity index is 872. The van der Waals surface area contributed by atoms with Crippen LogP contribution in [0.1, 0.15) is 22.3 Å². The zero-order valence-electron chi connectivity index (χ0n) is 14.2. The Morgan fingerprint density at radius 1 is 1.08 bits per heavy atom. The third kappa shape index (κ3) is 3.07. The van der Waals surface area contributed by atoms with Gasteiger partial charge in [0.05, 0.1) is 0 Å². The summed E-state index contributed by atoms with van der Waals surface area (Å²) < 4.78 is 5.81. The summed E-state index contributed by atoms with van der Waals surface area (Å²) in [5.74, 6) is 0.0965. The van der Waals surface area contributed by atoms with E-state index in [1.807, 2.05) is 48.2 Å². The lowest BCUT2D eigenvalue weighted by molar-refractivity contribution is 0.0766. The van der Waals surface area contributed by atoms with Crippen molar-refractivity contribution in [3.8, 4) is 0 Å². The quantitative estimate of drug-likeness (QED) is 0.720. The smallest absolute Gasteiger partial charge is 0.300 e. The molecule has 1 fully saturated rings. The number of rotatable bonds is 2.